The zero-order valence-electron chi connectivity index (χ0n) is 10.5. The second-order valence-corrected chi connectivity index (χ2v) is 5.31. The van der Waals surface area contributed by atoms with Crippen LogP contribution in [0.15, 0.2) is 18.2 Å². The summed E-state index contributed by atoms with van der Waals surface area (Å²) in [6.07, 6.45) is 1.66. The minimum absolute atomic E-state index is 0.0989. The van der Waals surface area contributed by atoms with Crippen LogP contribution in [0, 0.1) is 16.4 Å². The third-order valence-corrected chi connectivity index (χ3v) is 4.05. The van der Waals surface area contributed by atoms with E-state index in [0.717, 1.165) is 24.6 Å². The Labute approximate surface area is 115 Å². The number of aryl methyl sites for hydroxylation is 1. The van der Waals surface area contributed by atoms with Crippen LogP contribution in [-0.4, -0.2) is 9.55 Å². The summed E-state index contributed by atoms with van der Waals surface area (Å²) in [5.74, 6) is -0.943. The first-order chi connectivity index (χ1) is 9.08. The number of imidazole rings is 1. The lowest BCUT2D eigenvalue weighted by Gasteiger charge is -2.10. The molecule has 0 saturated heterocycles. The highest BCUT2D eigenvalue weighted by Crippen LogP contribution is 2.32. The number of nitrogens with zero attached hydrogens (tertiary/aromatic N) is 1. The molecule has 19 heavy (non-hydrogen) atoms. The van der Waals surface area contributed by atoms with Gasteiger partial charge in [0.1, 0.15) is 11.6 Å². The van der Waals surface area contributed by atoms with Gasteiger partial charge in [-0.15, -0.1) is 0 Å². The fourth-order valence-electron chi connectivity index (χ4n) is 2.83. The summed E-state index contributed by atoms with van der Waals surface area (Å²) in [6.45, 7) is 2.75. The molecule has 2 aromatic rings. The molecule has 0 fully saturated rings. The lowest BCUT2D eigenvalue weighted by atomic mass is 9.96. The second kappa shape index (κ2) is 4.56. The lowest BCUT2D eigenvalue weighted by molar-refractivity contribution is 0.567. The van der Waals surface area contributed by atoms with Crippen molar-refractivity contribution in [1.29, 1.82) is 0 Å². The summed E-state index contributed by atoms with van der Waals surface area (Å²) >= 11 is 5.28. The monoisotopic (exact) mass is 280 g/mol. The van der Waals surface area contributed by atoms with Gasteiger partial charge in [-0.2, -0.15) is 0 Å². The van der Waals surface area contributed by atoms with Gasteiger partial charge in [0, 0.05) is 29.9 Å². The third kappa shape index (κ3) is 2.12. The Morgan fingerprint density at radius 3 is 2.63 bits per heavy atom. The van der Waals surface area contributed by atoms with Crippen LogP contribution in [0.4, 0.5) is 8.78 Å². The molecule has 0 amide bonds. The predicted molar refractivity (Wildman–Crippen MR) is 71.8 cm³/mol. The molecule has 0 bridgehead atoms. The van der Waals surface area contributed by atoms with E-state index in [1.807, 2.05) is 4.57 Å². The maximum atomic E-state index is 13.3. The Morgan fingerprint density at radius 1 is 1.32 bits per heavy atom. The average molecular weight is 280 g/mol. The molecule has 2 heterocycles. The minimum atomic E-state index is -0.521. The average Bonchev–Trinajstić information content (AvgIpc) is 2.89. The first kappa shape index (κ1) is 12.5. The van der Waals surface area contributed by atoms with Crippen LogP contribution in [0.1, 0.15) is 29.8 Å². The van der Waals surface area contributed by atoms with Gasteiger partial charge in [0.05, 0.1) is 0 Å². The maximum absolute atomic E-state index is 13.3. The fourth-order valence-corrected chi connectivity index (χ4v) is 3.13. The number of aromatic nitrogens is 2. The zero-order valence-corrected chi connectivity index (χ0v) is 11.4. The molecule has 100 valence electrons. The van der Waals surface area contributed by atoms with Crippen LogP contribution in [0.3, 0.4) is 0 Å². The first-order valence-electron chi connectivity index (χ1n) is 6.35. The van der Waals surface area contributed by atoms with E-state index >= 15 is 0 Å². The summed E-state index contributed by atoms with van der Waals surface area (Å²) < 4.78 is 29.3. The topological polar surface area (TPSA) is 20.7 Å². The van der Waals surface area contributed by atoms with Crippen LogP contribution in [0.25, 0.3) is 0 Å². The van der Waals surface area contributed by atoms with Crippen molar-refractivity contribution >= 4 is 12.2 Å². The zero-order chi connectivity index (χ0) is 13.6. The molecule has 1 aliphatic heterocycles. The van der Waals surface area contributed by atoms with Crippen molar-refractivity contribution in [3.8, 4) is 0 Å². The summed E-state index contributed by atoms with van der Waals surface area (Å²) in [4.78, 5) is 3.19. The molecular formula is C14H14F2N2S. The van der Waals surface area contributed by atoms with Crippen molar-refractivity contribution in [2.45, 2.75) is 32.2 Å². The number of H-pyrrole nitrogens is 1. The Morgan fingerprint density at radius 2 is 2.00 bits per heavy atom. The van der Waals surface area contributed by atoms with Gasteiger partial charge in [0.15, 0.2) is 4.77 Å². The van der Waals surface area contributed by atoms with Gasteiger partial charge in [-0.05, 0) is 42.8 Å². The van der Waals surface area contributed by atoms with Gasteiger partial charge >= 0.3 is 0 Å². The van der Waals surface area contributed by atoms with Gasteiger partial charge < -0.3 is 9.55 Å². The van der Waals surface area contributed by atoms with Crippen molar-refractivity contribution in [3.63, 3.8) is 0 Å². The second-order valence-electron chi connectivity index (χ2n) is 4.92. The molecule has 5 heteroatoms. The van der Waals surface area contributed by atoms with E-state index in [1.54, 1.807) is 0 Å². The number of aromatic amines is 1. The number of hydrogen-bond acceptors (Lipinski definition) is 1. The molecular weight excluding hydrogens is 266 g/mol. The summed E-state index contributed by atoms with van der Waals surface area (Å²) in [5.41, 5.74) is 3.00. The number of nitrogens with one attached hydrogen (secondary N) is 1. The van der Waals surface area contributed by atoms with E-state index in [2.05, 4.69) is 11.9 Å². The first-order valence-corrected chi connectivity index (χ1v) is 6.76. The van der Waals surface area contributed by atoms with Gasteiger partial charge in [-0.25, -0.2) is 8.78 Å². The highest BCUT2D eigenvalue weighted by atomic mass is 32.1. The van der Waals surface area contributed by atoms with Gasteiger partial charge in [-0.3, -0.25) is 0 Å². The standard InChI is InChI=1S/C14H14F2N2S/c1-2-12-13-5-9(7-18(13)14(19)17-12)8-3-10(15)6-11(16)4-8/h3-4,6,9H,2,5,7H2,1H3,(H,17,19). The van der Waals surface area contributed by atoms with Crippen molar-refractivity contribution in [2.75, 3.05) is 0 Å². The number of hydrogen-bond donors (Lipinski definition) is 1. The molecule has 1 N–H and O–H groups in total. The van der Waals surface area contributed by atoms with E-state index in [-0.39, 0.29) is 5.92 Å². The molecule has 1 aromatic heterocycles. The molecule has 0 spiro atoms. The van der Waals surface area contributed by atoms with Gasteiger partial charge in [0.2, 0.25) is 0 Å². The summed E-state index contributed by atoms with van der Waals surface area (Å²) in [7, 11) is 0. The van der Waals surface area contributed by atoms with E-state index in [0.29, 0.717) is 16.9 Å². The van der Waals surface area contributed by atoms with E-state index in [1.165, 1.54) is 17.8 Å². The molecule has 1 unspecified atom stereocenters. The van der Waals surface area contributed by atoms with Gasteiger partial charge in [-0.1, -0.05) is 6.92 Å². The summed E-state index contributed by atoms with van der Waals surface area (Å²) in [6, 6.07) is 3.74. The summed E-state index contributed by atoms with van der Waals surface area (Å²) in [5, 5.41) is 0. The number of rotatable bonds is 2. The van der Waals surface area contributed by atoms with Crippen LogP contribution in [-0.2, 0) is 19.4 Å². The highest BCUT2D eigenvalue weighted by Gasteiger charge is 2.26. The fraction of sp³-hybridized carbons (Fsp3) is 0.357. The molecule has 3 rings (SSSR count). The largest absolute Gasteiger partial charge is 0.334 e. The molecule has 0 aliphatic carbocycles. The Kier molecular flexibility index (Phi) is 3.01. The van der Waals surface area contributed by atoms with E-state index in [9.17, 15) is 8.78 Å². The maximum Gasteiger partial charge on any atom is 0.177 e. The Balaban J connectivity index is 1.97. The SMILES string of the molecule is CCc1[nH]c(=S)n2c1CC(c1cc(F)cc(F)c1)C2. The molecule has 1 aliphatic rings. The molecule has 0 radical (unpaired) electrons. The van der Waals surface area contributed by atoms with Crippen LogP contribution in [0.5, 0.6) is 0 Å². The Hall–Kier alpha value is -1.49. The normalized spacial score (nSPS) is 17.7. The van der Waals surface area contributed by atoms with Crippen molar-refractivity contribution in [3.05, 3.63) is 51.6 Å². The smallest absolute Gasteiger partial charge is 0.177 e. The molecule has 2 nitrogen and oxygen atoms in total. The minimum Gasteiger partial charge on any atom is -0.334 e. The van der Waals surface area contributed by atoms with Gasteiger partial charge in [0.25, 0.3) is 0 Å². The molecule has 1 aromatic carbocycles. The van der Waals surface area contributed by atoms with Crippen LogP contribution < -0.4 is 0 Å². The van der Waals surface area contributed by atoms with E-state index in [4.69, 9.17) is 12.2 Å². The van der Waals surface area contributed by atoms with Crippen molar-refractivity contribution < 1.29 is 8.78 Å². The molecule has 1 atom stereocenters. The molecule has 0 saturated carbocycles. The van der Waals surface area contributed by atoms with Crippen LogP contribution >= 0.6 is 12.2 Å². The van der Waals surface area contributed by atoms with Crippen LogP contribution in [0.2, 0.25) is 0 Å². The highest BCUT2D eigenvalue weighted by molar-refractivity contribution is 7.71. The van der Waals surface area contributed by atoms with Crippen molar-refractivity contribution in [1.82, 2.24) is 9.55 Å². The predicted octanol–water partition coefficient (Wildman–Crippen LogP) is 3.73. The lowest BCUT2D eigenvalue weighted by Crippen LogP contribution is -2.03. The van der Waals surface area contributed by atoms with Crippen molar-refractivity contribution in [2.24, 2.45) is 0 Å². The quantitative estimate of drug-likeness (QED) is 0.831. The van der Waals surface area contributed by atoms with E-state index < -0.39 is 11.6 Å². The number of benzene rings is 1. The number of halogens is 2. The number of fused-ring (bicyclic) bond motifs is 1. The Bertz CT molecular complexity index is 667. The third-order valence-electron chi connectivity index (χ3n) is 3.73.